The summed E-state index contributed by atoms with van der Waals surface area (Å²) in [5, 5.41) is 0. The normalized spacial score (nSPS) is 15.0. The Morgan fingerprint density at radius 1 is 1.06 bits per heavy atom. The van der Waals surface area contributed by atoms with Gasteiger partial charge in [-0.3, -0.25) is 0 Å². The number of hydrogen-bond donors (Lipinski definition) is 0. The van der Waals surface area contributed by atoms with E-state index in [4.69, 9.17) is 14.2 Å². The molecule has 0 heterocycles. The fourth-order valence-corrected chi connectivity index (χ4v) is 4.39. The summed E-state index contributed by atoms with van der Waals surface area (Å²) in [6, 6.07) is 0. The smallest absolute Gasteiger partial charge is 0.410 e. The molecule has 0 aromatic heterocycles. The number of sulfonamides is 1. The van der Waals surface area contributed by atoms with Gasteiger partial charge < -0.3 is 19.1 Å². The monoisotopic (exact) mass is 507 g/mol. The average Bonchev–Trinajstić information content (AvgIpc) is 2.65. The zero-order chi connectivity index (χ0) is 27.1. The molecule has 9 heteroatoms. The maximum absolute atomic E-state index is 12.9. The zero-order valence-corrected chi connectivity index (χ0v) is 24.8. The van der Waals surface area contributed by atoms with Gasteiger partial charge in [0.1, 0.15) is 6.61 Å². The first-order chi connectivity index (χ1) is 15.1. The lowest BCUT2D eigenvalue weighted by Crippen LogP contribution is -2.50. The summed E-state index contributed by atoms with van der Waals surface area (Å²) in [4.78, 5) is 14.4. The molecule has 1 amide bonds. The second-order valence-electron chi connectivity index (χ2n) is 11.7. The van der Waals surface area contributed by atoms with Crippen LogP contribution in [-0.2, 0) is 24.2 Å². The largest absolute Gasteiger partial charge is 0.446 e. The van der Waals surface area contributed by atoms with Crippen molar-refractivity contribution >= 4 is 21.8 Å². The first-order valence-electron chi connectivity index (χ1n) is 12.1. The molecular formula is C25H51N2O6S+. The lowest BCUT2D eigenvalue weighted by Gasteiger charge is -2.37. The van der Waals surface area contributed by atoms with Crippen LogP contribution in [-0.4, -0.2) is 85.5 Å². The van der Waals surface area contributed by atoms with E-state index < -0.39 is 27.8 Å². The molecule has 0 aliphatic heterocycles. The van der Waals surface area contributed by atoms with Crippen LogP contribution in [0.25, 0.3) is 0 Å². The van der Waals surface area contributed by atoms with Gasteiger partial charge in [-0.05, 0) is 53.4 Å². The van der Waals surface area contributed by atoms with Crippen molar-refractivity contribution in [1.82, 2.24) is 4.90 Å². The molecule has 0 aromatic carbocycles. The highest BCUT2D eigenvalue weighted by Crippen LogP contribution is 2.30. The van der Waals surface area contributed by atoms with Gasteiger partial charge in [0.25, 0.3) is 0 Å². The maximum Gasteiger partial charge on any atom is 0.410 e. The van der Waals surface area contributed by atoms with Crippen molar-refractivity contribution < 1.29 is 31.4 Å². The van der Waals surface area contributed by atoms with Gasteiger partial charge in [-0.15, -0.1) is 3.98 Å². The molecule has 0 aromatic rings. The number of nitrogens with zero attached hydrogens (tertiary/aromatic N) is 2. The summed E-state index contributed by atoms with van der Waals surface area (Å²) in [6.45, 7) is 21.9. The van der Waals surface area contributed by atoms with Crippen LogP contribution in [0, 0.1) is 5.41 Å². The molecule has 0 aliphatic carbocycles. The molecule has 0 spiro atoms. The van der Waals surface area contributed by atoms with E-state index in [9.17, 15) is 13.2 Å². The van der Waals surface area contributed by atoms with E-state index in [1.807, 2.05) is 41.5 Å². The van der Waals surface area contributed by atoms with E-state index in [0.29, 0.717) is 12.3 Å². The van der Waals surface area contributed by atoms with E-state index in [0.717, 1.165) is 12.8 Å². The number of ether oxygens (including phenoxy) is 3. The molecule has 0 radical (unpaired) electrons. The van der Waals surface area contributed by atoms with Crippen molar-refractivity contribution in [3.05, 3.63) is 0 Å². The Morgan fingerprint density at radius 3 is 2.00 bits per heavy atom. The minimum Gasteiger partial charge on any atom is -0.446 e. The van der Waals surface area contributed by atoms with Crippen molar-refractivity contribution in [1.29, 1.82) is 0 Å². The molecule has 2 unspecified atom stereocenters. The number of rotatable bonds is 13. The van der Waals surface area contributed by atoms with E-state index in [1.54, 1.807) is 20.9 Å². The summed E-state index contributed by atoms with van der Waals surface area (Å²) in [5.74, 6) is 0. The molecular weight excluding hydrogens is 456 g/mol. The Labute approximate surface area is 209 Å². The average molecular weight is 508 g/mol. The first-order valence-corrected chi connectivity index (χ1v) is 14.0. The SMILES string of the molecule is CCCC(C)(C)C(C)OC(COC(=O)N(C)C(C)(C)COC(C)(C)C)C[N+](=C(C)C)S(C)(=O)=O. The predicted molar refractivity (Wildman–Crippen MR) is 138 cm³/mol. The Morgan fingerprint density at radius 2 is 1.59 bits per heavy atom. The number of amides is 1. The lowest BCUT2D eigenvalue weighted by molar-refractivity contribution is -0.388. The molecule has 0 saturated heterocycles. The third-order valence-corrected chi connectivity index (χ3v) is 7.41. The minimum absolute atomic E-state index is 0.0643. The summed E-state index contributed by atoms with van der Waals surface area (Å²) >= 11 is 0. The van der Waals surface area contributed by atoms with Crippen molar-refractivity contribution in [3.63, 3.8) is 0 Å². The fraction of sp³-hybridized carbons (Fsp3) is 0.920. The molecule has 0 rings (SSSR count). The van der Waals surface area contributed by atoms with Gasteiger partial charge in [-0.2, -0.15) is 8.42 Å². The molecule has 0 aliphatic rings. The lowest BCUT2D eigenvalue weighted by atomic mass is 9.83. The van der Waals surface area contributed by atoms with Crippen molar-refractivity contribution in [3.8, 4) is 0 Å². The third-order valence-electron chi connectivity index (χ3n) is 6.09. The van der Waals surface area contributed by atoms with Gasteiger partial charge in [-0.1, -0.05) is 27.2 Å². The van der Waals surface area contributed by atoms with Gasteiger partial charge in [0.2, 0.25) is 0 Å². The van der Waals surface area contributed by atoms with Crippen LogP contribution < -0.4 is 0 Å². The zero-order valence-electron chi connectivity index (χ0n) is 23.9. The van der Waals surface area contributed by atoms with Gasteiger partial charge in [0, 0.05) is 20.9 Å². The Bertz CT molecular complexity index is 793. The highest BCUT2D eigenvalue weighted by atomic mass is 32.2. The first kappa shape index (κ1) is 32.8. The van der Waals surface area contributed by atoms with Crippen molar-refractivity contribution in [2.24, 2.45) is 5.41 Å². The number of likely N-dealkylation sites (N-methyl/N-ethyl adjacent to an activating group) is 1. The third kappa shape index (κ3) is 11.5. The topological polar surface area (TPSA) is 85.2 Å². The van der Waals surface area contributed by atoms with Crippen LogP contribution in [0.3, 0.4) is 0 Å². The molecule has 0 saturated carbocycles. The van der Waals surface area contributed by atoms with Gasteiger partial charge in [0.05, 0.1) is 30.1 Å². The summed E-state index contributed by atoms with van der Waals surface area (Å²) in [6.07, 6.45) is 1.83. The maximum atomic E-state index is 12.9. The second-order valence-corrected chi connectivity index (χ2v) is 13.6. The standard InChI is InChI=1S/C25H51N2O6S/c1-14-15-24(8,9)20(4)33-21(16-27(19(2)3)34(13,29)30)17-31-22(28)26(12)25(10,11)18-32-23(5,6)7/h20-21H,14-18H2,1-13H3/q+1. The fourth-order valence-electron chi connectivity index (χ4n) is 3.29. The number of carbonyl (C=O) groups excluding carboxylic acids is 1. The van der Waals surface area contributed by atoms with E-state index in [1.165, 1.54) is 15.1 Å². The second kappa shape index (κ2) is 12.7. The predicted octanol–water partition coefficient (Wildman–Crippen LogP) is 4.70. The Balaban J connectivity index is 5.60. The van der Waals surface area contributed by atoms with Crippen molar-refractivity contribution in [2.45, 2.75) is 112 Å². The quantitative estimate of drug-likeness (QED) is 0.265. The van der Waals surface area contributed by atoms with Crippen LogP contribution >= 0.6 is 0 Å². The van der Waals surface area contributed by atoms with Crippen LogP contribution in [0.1, 0.15) is 89.0 Å². The molecule has 202 valence electrons. The van der Waals surface area contributed by atoms with Crippen LogP contribution in [0.5, 0.6) is 0 Å². The molecule has 0 fully saturated rings. The number of carbonyl (C=O) groups is 1. The highest BCUT2D eigenvalue weighted by molar-refractivity contribution is 7.84. The van der Waals surface area contributed by atoms with Crippen LogP contribution in [0.15, 0.2) is 0 Å². The van der Waals surface area contributed by atoms with Gasteiger partial charge in [0.15, 0.2) is 18.4 Å². The Kier molecular flexibility index (Phi) is 12.2. The minimum atomic E-state index is -3.49. The van der Waals surface area contributed by atoms with Gasteiger partial charge >= 0.3 is 16.1 Å². The van der Waals surface area contributed by atoms with Crippen molar-refractivity contribution in [2.75, 3.05) is 33.1 Å². The molecule has 34 heavy (non-hydrogen) atoms. The van der Waals surface area contributed by atoms with E-state index in [2.05, 4.69) is 20.8 Å². The molecule has 0 N–H and O–H groups in total. The van der Waals surface area contributed by atoms with Crippen LogP contribution in [0.2, 0.25) is 0 Å². The van der Waals surface area contributed by atoms with E-state index >= 15 is 0 Å². The van der Waals surface area contributed by atoms with E-state index in [-0.39, 0.29) is 30.3 Å². The molecule has 0 bridgehead atoms. The summed E-state index contributed by atoms with van der Waals surface area (Å²) in [7, 11) is -1.82. The van der Waals surface area contributed by atoms with Gasteiger partial charge in [-0.25, -0.2) is 4.79 Å². The number of hydrogen-bond acceptors (Lipinski definition) is 6. The Hall–Kier alpha value is -1.19. The summed E-state index contributed by atoms with van der Waals surface area (Å²) in [5.41, 5.74) is -0.406. The molecule has 2 atom stereocenters. The van der Waals surface area contributed by atoms with Crippen LogP contribution in [0.4, 0.5) is 4.79 Å². The molecule has 8 nitrogen and oxygen atoms in total. The highest BCUT2D eigenvalue weighted by Gasteiger charge is 2.35. The summed E-state index contributed by atoms with van der Waals surface area (Å²) < 4.78 is 43.8.